The highest BCUT2D eigenvalue weighted by molar-refractivity contribution is 7.71. The molecule has 134 valence electrons. The molecule has 0 atom stereocenters. The van der Waals surface area contributed by atoms with E-state index in [4.69, 9.17) is 28.6 Å². The van der Waals surface area contributed by atoms with Crippen LogP contribution in [0.3, 0.4) is 0 Å². The number of carbonyl (C=O) groups is 1. The van der Waals surface area contributed by atoms with Crippen LogP contribution in [0.15, 0.2) is 47.3 Å². The van der Waals surface area contributed by atoms with Crippen LogP contribution in [0.2, 0.25) is 5.02 Å². The molecule has 8 heteroatoms. The summed E-state index contributed by atoms with van der Waals surface area (Å²) in [5.41, 5.74) is 0.762. The van der Waals surface area contributed by atoms with Gasteiger partial charge in [0.2, 0.25) is 0 Å². The number of aromatic nitrogens is 2. The summed E-state index contributed by atoms with van der Waals surface area (Å²) in [4.78, 5) is 27.4. The summed E-state index contributed by atoms with van der Waals surface area (Å²) in [6.07, 6.45) is 0. The molecule has 1 heterocycles. The Morgan fingerprint density at radius 1 is 1.27 bits per heavy atom. The maximum absolute atomic E-state index is 12.3. The summed E-state index contributed by atoms with van der Waals surface area (Å²) in [6, 6.07) is 11.8. The molecule has 1 aromatic heterocycles. The predicted octanol–water partition coefficient (Wildman–Crippen LogP) is 3.06. The van der Waals surface area contributed by atoms with Gasteiger partial charge in [-0.05, 0) is 54.7 Å². The van der Waals surface area contributed by atoms with Gasteiger partial charge in [0.05, 0.1) is 17.4 Å². The summed E-state index contributed by atoms with van der Waals surface area (Å²) in [5.74, 6) is 0.421. The number of amides is 1. The van der Waals surface area contributed by atoms with Crippen LogP contribution in [0, 0.1) is 4.77 Å². The second kappa shape index (κ2) is 7.72. The molecule has 0 aliphatic carbocycles. The molecule has 6 nitrogen and oxygen atoms in total. The van der Waals surface area contributed by atoms with E-state index in [0.717, 1.165) is 0 Å². The third kappa shape index (κ3) is 3.95. The van der Waals surface area contributed by atoms with Gasteiger partial charge in [0, 0.05) is 17.6 Å². The Hall–Kier alpha value is -2.64. The van der Waals surface area contributed by atoms with Crippen molar-refractivity contribution in [3.8, 4) is 5.75 Å². The maximum atomic E-state index is 12.3. The lowest BCUT2D eigenvalue weighted by molar-refractivity contribution is 0.0947. The number of hydrogen-bond acceptors (Lipinski definition) is 4. The third-order valence-electron chi connectivity index (χ3n) is 3.83. The number of rotatable bonds is 5. The highest BCUT2D eigenvalue weighted by Gasteiger charge is 2.09. The van der Waals surface area contributed by atoms with E-state index in [-0.39, 0.29) is 11.5 Å². The first-order chi connectivity index (χ1) is 12.5. The SMILES string of the molecule is Cn1c(=S)[nH]c2cc(C(=O)NCCOc3ccc(Cl)cc3)ccc2c1=O. The molecular weight excluding hydrogens is 374 g/mol. The number of fused-ring (bicyclic) bond motifs is 1. The van der Waals surface area contributed by atoms with Crippen molar-refractivity contribution in [2.24, 2.45) is 7.05 Å². The van der Waals surface area contributed by atoms with Crippen LogP contribution in [0.4, 0.5) is 0 Å². The van der Waals surface area contributed by atoms with Crippen molar-refractivity contribution in [3.05, 3.63) is 68.2 Å². The summed E-state index contributed by atoms with van der Waals surface area (Å²) in [7, 11) is 1.60. The molecule has 0 aliphatic rings. The first-order valence-electron chi connectivity index (χ1n) is 7.85. The largest absolute Gasteiger partial charge is 0.492 e. The molecule has 26 heavy (non-hydrogen) atoms. The Balaban J connectivity index is 1.64. The van der Waals surface area contributed by atoms with Crippen LogP contribution >= 0.6 is 23.8 Å². The minimum absolute atomic E-state index is 0.202. The Labute approximate surface area is 159 Å². The first kappa shape index (κ1) is 18.2. The number of ether oxygens (including phenoxy) is 1. The molecule has 3 rings (SSSR count). The Morgan fingerprint density at radius 3 is 2.73 bits per heavy atom. The standard InChI is InChI=1S/C18H16ClN3O3S/c1-22-17(24)14-7-2-11(10-15(14)21-18(22)26)16(23)20-8-9-25-13-5-3-12(19)4-6-13/h2-7,10H,8-9H2,1H3,(H,20,23)(H,21,26). The van der Waals surface area contributed by atoms with Gasteiger partial charge in [0.1, 0.15) is 12.4 Å². The van der Waals surface area contributed by atoms with Gasteiger partial charge in [-0.3, -0.25) is 14.2 Å². The van der Waals surface area contributed by atoms with Crippen LogP contribution in [-0.4, -0.2) is 28.6 Å². The summed E-state index contributed by atoms with van der Waals surface area (Å²) >= 11 is 10.9. The molecule has 0 fully saturated rings. The van der Waals surface area contributed by atoms with Gasteiger partial charge in [-0.25, -0.2) is 0 Å². The van der Waals surface area contributed by atoms with Crippen molar-refractivity contribution >= 4 is 40.6 Å². The second-order valence-corrected chi connectivity index (χ2v) is 6.44. The summed E-state index contributed by atoms with van der Waals surface area (Å²) in [5, 5.41) is 3.88. The van der Waals surface area contributed by atoms with E-state index in [1.54, 1.807) is 49.5 Å². The molecular formula is C18H16ClN3O3S. The molecule has 0 saturated heterocycles. The average molecular weight is 390 g/mol. The molecule has 0 aliphatic heterocycles. The van der Waals surface area contributed by atoms with E-state index < -0.39 is 0 Å². The number of hydrogen-bond donors (Lipinski definition) is 2. The summed E-state index contributed by atoms with van der Waals surface area (Å²) in [6.45, 7) is 0.663. The molecule has 0 saturated carbocycles. The average Bonchev–Trinajstić information content (AvgIpc) is 2.64. The highest BCUT2D eigenvalue weighted by Crippen LogP contribution is 2.15. The molecule has 0 bridgehead atoms. The molecule has 2 N–H and O–H groups in total. The first-order valence-corrected chi connectivity index (χ1v) is 8.64. The van der Waals surface area contributed by atoms with Gasteiger partial charge in [0.15, 0.2) is 4.77 Å². The Kier molecular flexibility index (Phi) is 5.39. The van der Waals surface area contributed by atoms with E-state index in [0.29, 0.717) is 45.2 Å². The number of H-pyrrole nitrogens is 1. The van der Waals surface area contributed by atoms with Crippen molar-refractivity contribution in [1.29, 1.82) is 0 Å². The van der Waals surface area contributed by atoms with Crippen molar-refractivity contribution < 1.29 is 9.53 Å². The van der Waals surface area contributed by atoms with Crippen LogP contribution in [-0.2, 0) is 7.05 Å². The minimum atomic E-state index is -0.258. The van der Waals surface area contributed by atoms with E-state index in [1.165, 1.54) is 4.57 Å². The number of carbonyl (C=O) groups excluding carboxylic acids is 1. The number of benzene rings is 2. The molecule has 0 spiro atoms. The zero-order valence-electron chi connectivity index (χ0n) is 13.9. The van der Waals surface area contributed by atoms with Crippen LogP contribution < -0.4 is 15.6 Å². The van der Waals surface area contributed by atoms with Gasteiger partial charge in [-0.15, -0.1) is 0 Å². The minimum Gasteiger partial charge on any atom is -0.492 e. The summed E-state index contributed by atoms with van der Waals surface area (Å²) < 4.78 is 7.18. The van der Waals surface area contributed by atoms with Crippen LogP contribution in [0.1, 0.15) is 10.4 Å². The fourth-order valence-electron chi connectivity index (χ4n) is 2.41. The Morgan fingerprint density at radius 2 is 2.00 bits per heavy atom. The van der Waals surface area contributed by atoms with Gasteiger partial charge in [0.25, 0.3) is 11.5 Å². The topological polar surface area (TPSA) is 76.1 Å². The smallest absolute Gasteiger partial charge is 0.261 e. The molecule has 3 aromatic rings. The lowest BCUT2D eigenvalue weighted by atomic mass is 10.1. The fraction of sp³-hybridized carbons (Fsp3) is 0.167. The van der Waals surface area contributed by atoms with Crippen molar-refractivity contribution in [3.63, 3.8) is 0 Å². The molecule has 0 unspecified atom stereocenters. The molecule has 2 aromatic carbocycles. The monoisotopic (exact) mass is 389 g/mol. The van der Waals surface area contributed by atoms with Crippen LogP contribution in [0.5, 0.6) is 5.75 Å². The lowest BCUT2D eigenvalue weighted by Crippen LogP contribution is -2.28. The third-order valence-corrected chi connectivity index (χ3v) is 4.46. The lowest BCUT2D eigenvalue weighted by Gasteiger charge is -2.09. The zero-order valence-corrected chi connectivity index (χ0v) is 15.5. The Bertz CT molecular complexity index is 1070. The van der Waals surface area contributed by atoms with Gasteiger partial charge in [-0.2, -0.15) is 0 Å². The number of aromatic amines is 1. The van der Waals surface area contributed by atoms with Crippen molar-refractivity contribution in [2.75, 3.05) is 13.2 Å². The van der Waals surface area contributed by atoms with E-state index >= 15 is 0 Å². The highest BCUT2D eigenvalue weighted by atomic mass is 35.5. The molecule has 1 amide bonds. The van der Waals surface area contributed by atoms with Crippen molar-refractivity contribution in [1.82, 2.24) is 14.9 Å². The number of nitrogens with zero attached hydrogens (tertiary/aromatic N) is 1. The van der Waals surface area contributed by atoms with Crippen LogP contribution in [0.25, 0.3) is 10.9 Å². The second-order valence-electron chi connectivity index (χ2n) is 5.61. The number of halogens is 1. The van der Waals surface area contributed by atoms with E-state index in [1.807, 2.05) is 0 Å². The fourth-order valence-corrected chi connectivity index (χ4v) is 2.73. The van der Waals surface area contributed by atoms with E-state index in [9.17, 15) is 9.59 Å². The normalized spacial score (nSPS) is 10.7. The van der Waals surface area contributed by atoms with Gasteiger partial charge < -0.3 is 15.0 Å². The van der Waals surface area contributed by atoms with E-state index in [2.05, 4.69) is 10.3 Å². The molecule has 0 radical (unpaired) electrons. The maximum Gasteiger partial charge on any atom is 0.261 e. The predicted molar refractivity (Wildman–Crippen MR) is 104 cm³/mol. The zero-order chi connectivity index (χ0) is 18.7. The van der Waals surface area contributed by atoms with Gasteiger partial charge >= 0.3 is 0 Å². The number of nitrogens with one attached hydrogen (secondary N) is 2. The quantitative estimate of drug-likeness (QED) is 0.519. The van der Waals surface area contributed by atoms with Crippen molar-refractivity contribution in [2.45, 2.75) is 0 Å². The van der Waals surface area contributed by atoms with Gasteiger partial charge in [-0.1, -0.05) is 11.6 Å².